The van der Waals surface area contributed by atoms with E-state index in [9.17, 15) is 9.90 Å². The predicted octanol–water partition coefficient (Wildman–Crippen LogP) is 1.40. The molecule has 1 aromatic carbocycles. The maximum atomic E-state index is 12.2. The van der Waals surface area contributed by atoms with Gasteiger partial charge in [-0.1, -0.05) is 32.0 Å². The molecule has 1 aliphatic rings. The molecule has 1 unspecified atom stereocenters. The Morgan fingerprint density at radius 2 is 2.05 bits per heavy atom. The fourth-order valence-electron chi connectivity index (χ4n) is 2.51. The number of nitrogens with one attached hydrogen (secondary N) is 1. The highest BCUT2D eigenvalue weighted by Gasteiger charge is 2.34. The van der Waals surface area contributed by atoms with Gasteiger partial charge in [0.05, 0.1) is 0 Å². The zero-order valence-electron chi connectivity index (χ0n) is 11.6. The Labute approximate surface area is 114 Å². The zero-order chi connectivity index (χ0) is 13.9. The minimum absolute atomic E-state index is 0.00322. The first-order valence-corrected chi connectivity index (χ1v) is 6.74. The van der Waals surface area contributed by atoms with Crippen molar-refractivity contribution < 1.29 is 9.90 Å². The lowest BCUT2D eigenvalue weighted by Gasteiger charge is -2.34. The standard InChI is InChI=1S/C15H22N2O2/c1-15(2)10-16-14(19)13(8-9-18)17(11-15)12-6-4-3-5-7-12/h3-7,13,18H,8-11H2,1-2H3,(H,16,19). The predicted molar refractivity (Wildman–Crippen MR) is 76.1 cm³/mol. The summed E-state index contributed by atoms with van der Waals surface area (Å²) in [5, 5.41) is 12.2. The Hall–Kier alpha value is -1.55. The molecular formula is C15H22N2O2. The van der Waals surface area contributed by atoms with Gasteiger partial charge in [-0.3, -0.25) is 4.79 Å². The van der Waals surface area contributed by atoms with Gasteiger partial charge in [-0.15, -0.1) is 0 Å². The molecule has 4 heteroatoms. The van der Waals surface area contributed by atoms with Crippen LogP contribution >= 0.6 is 0 Å². The number of hydrogen-bond acceptors (Lipinski definition) is 3. The Kier molecular flexibility index (Phi) is 4.10. The summed E-state index contributed by atoms with van der Waals surface area (Å²) in [6, 6.07) is 9.64. The van der Waals surface area contributed by atoms with Crippen LogP contribution < -0.4 is 10.2 Å². The average molecular weight is 262 g/mol. The fraction of sp³-hybridized carbons (Fsp3) is 0.533. The van der Waals surface area contributed by atoms with Crippen LogP contribution in [0.3, 0.4) is 0 Å². The topological polar surface area (TPSA) is 52.6 Å². The summed E-state index contributed by atoms with van der Waals surface area (Å²) < 4.78 is 0. The van der Waals surface area contributed by atoms with Crippen molar-refractivity contribution in [2.45, 2.75) is 26.3 Å². The van der Waals surface area contributed by atoms with E-state index in [1.54, 1.807) is 0 Å². The van der Waals surface area contributed by atoms with Crippen LogP contribution in [0.2, 0.25) is 0 Å². The number of amides is 1. The monoisotopic (exact) mass is 262 g/mol. The molecule has 0 saturated carbocycles. The van der Waals surface area contributed by atoms with Crippen LogP contribution in [0.1, 0.15) is 20.3 Å². The van der Waals surface area contributed by atoms with E-state index in [-0.39, 0.29) is 24.0 Å². The zero-order valence-corrected chi connectivity index (χ0v) is 11.6. The van der Waals surface area contributed by atoms with Gasteiger partial charge >= 0.3 is 0 Å². The van der Waals surface area contributed by atoms with Gasteiger partial charge in [0.1, 0.15) is 6.04 Å². The molecule has 0 bridgehead atoms. The molecule has 104 valence electrons. The van der Waals surface area contributed by atoms with E-state index in [4.69, 9.17) is 0 Å². The number of nitrogens with zero attached hydrogens (tertiary/aromatic N) is 1. The minimum atomic E-state index is -0.297. The number of carbonyl (C=O) groups excluding carboxylic acids is 1. The fourth-order valence-corrected chi connectivity index (χ4v) is 2.51. The van der Waals surface area contributed by atoms with Gasteiger partial charge in [0.25, 0.3) is 0 Å². The van der Waals surface area contributed by atoms with Crippen LogP contribution in [0, 0.1) is 5.41 Å². The lowest BCUT2D eigenvalue weighted by Crippen LogP contribution is -2.45. The van der Waals surface area contributed by atoms with E-state index in [2.05, 4.69) is 24.1 Å². The first-order valence-electron chi connectivity index (χ1n) is 6.74. The molecule has 0 aliphatic carbocycles. The molecule has 19 heavy (non-hydrogen) atoms. The van der Waals surface area contributed by atoms with E-state index in [0.29, 0.717) is 13.0 Å². The van der Waals surface area contributed by atoms with Crippen molar-refractivity contribution in [2.24, 2.45) is 5.41 Å². The first-order chi connectivity index (χ1) is 9.03. The lowest BCUT2D eigenvalue weighted by molar-refractivity contribution is -0.122. The molecule has 1 amide bonds. The van der Waals surface area contributed by atoms with Gasteiger partial charge in [-0.05, 0) is 24.0 Å². The van der Waals surface area contributed by atoms with Gasteiger partial charge in [0.2, 0.25) is 5.91 Å². The van der Waals surface area contributed by atoms with E-state index in [0.717, 1.165) is 12.2 Å². The SMILES string of the molecule is CC1(C)CNC(=O)C(CCO)N(c2ccccc2)C1. The summed E-state index contributed by atoms with van der Waals surface area (Å²) >= 11 is 0. The number of hydrogen-bond donors (Lipinski definition) is 2. The molecule has 1 atom stereocenters. The molecule has 1 heterocycles. The average Bonchev–Trinajstić information content (AvgIpc) is 2.51. The van der Waals surface area contributed by atoms with E-state index in [1.165, 1.54) is 0 Å². The third-order valence-electron chi connectivity index (χ3n) is 3.51. The summed E-state index contributed by atoms with van der Waals surface area (Å²) in [4.78, 5) is 14.3. The highest BCUT2D eigenvalue weighted by molar-refractivity contribution is 5.85. The smallest absolute Gasteiger partial charge is 0.242 e. The Morgan fingerprint density at radius 1 is 1.37 bits per heavy atom. The Bertz CT molecular complexity index is 431. The molecule has 1 aliphatic heterocycles. The molecule has 2 N–H and O–H groups in total. The Balaban J connectivity index is 2.34. The molecule has 1 saturated heterocycles. The quantitative estimate of drug-likeness (QED) is 0.866. The van der Waals surface area contributed by atoms with Crippen LogP contribution in [0.4, 0.5) is 5.69 Å². The van der Waals surface area contributed by atoms with Gasteiger partial charge in [-0.2, -0.15) is 0 Å². The second-order valence-corrected chi connectivity index (χ2v) is 5.87. The molecular weight excluding hydrogens is 240 g/mol. The normalized spacial score (nSPS) is 22.8. The maximum absolute atomic E-state index is 12.2. The molecule has 0 aromatic heterocycles. The molecule has 4 nitrogen and oxygen atoms in total. The van der Waals surface area contributed by atoms with Crippen molar-refractivity contribution in [3.63, 3.8) is 0 Å². The van der Waals surface area contributed by atoms with Crippen molar-refractivity contribution in [3.05, 3.63) is 30.3 Å². The van der Waals surface area contributed by atoms with E-state index in [1.807, 2.05) is 30.3 Å². The van der Waals surface area contributed by atoms with Crippen molar-refractivity contribution >= 4 is 11.6 Å². The maximum Gasteiger partial charge on any atom is 0.242 e. The van der Waals surface area contributed by atoms with Crippen LogP contribution in [0.5, 0.6) is 0 Å². The van der Waals surface area contributed by atoms with E-state index >= 15 is 0 Å². The summed E-state index contributed by atoms with van der Waals surface area (Å²) in [7, 11) is 0. The lowest BCUT2D eigenvalue weighted by atomic mass is 9.92. The molecule has 1 fully saturated rings. The summed E-state index contributed by atoms with van der Waals surface area (Å²) in [6.45, 7) is 5.76. The number of aliphatic hydroxyl groups excluding tert-OH is 1. The Morgan fingerprint density at radius 3 is 2.68 bits per heavy atom. The number of rotatable bonds is 3. The third-order valence-corrected chi connectivity index (χ3v) is 3.51. The van der Waals surface area contributed by atoms with Gasteiger partial charge < -0.3 is 15.3 Å². The van der Waals surface area contributed by atoms with Crippen LogP contribution in [0.15, 0.2) is 30.3 Å². The third kappa shape index (κ3) is 3.26. The second kappa shape index (κ2) is 5.61. The molecule has 0 spiro atoms. The summed E-state index contributed by atoms with van der Waals surface area (Å²) in [5.74, 6) is 0.00322. The number of anilines is 1. The number of aliphatic hydroxyl groups is 1. The molecule has 0 radical (unpaired) electrons. The largest absolute Gasteiger partial charge is 0.396 e. The second-order valence-electron chi connectivity index (χ2n) is 5.87. The number of para-hydroxylation sites is 1. The van der Waals surface area contributed by atoms with E-state index < -0.39 is 0 Å². The van der Waals surface area contributed by atoms with Gasteiger partial charge in [0, 0.05) is 25.4 Å². The summed E-state index contributed by atoms with van der Waals surface area (Å²) in [6.07, 6.45) is 0.455. The van der Waals surface area contributed by atoms with Crippen LogP contribution in [-0.4, -0.2) is 36.8 Å². The van der Waals surface area contributed by atoms with Crippen molar-refractivity contribution in [3.8, 4) is 0 Å². The first kappa shape index (κ1) is 13.9. The van der Waals surface area contributed by atoms with Crippen molar-refractivity contribution in [2.75, 3.05) is 24.6 Å². The highest BCUT2D eigenvalue weighted by Crippen LogP contribution is 2.27. The van der Waals surface area contributed by atoms with Crippen molar-refractivity contribution in [1.29, 1.82) is 0 Å². The van der Waals surface area contributed by atoms with Gasteiger partial charge in [-0.25, -0.2) is 0 Å². The van der Waals surface area contributed by atoms with Crippen LogP contribution in [-0.2, 0) is 4.79 Å². The molecule has 2 rings (SSSR count). The molecule has 1 aromatic rings. The highest BCUT2D eigenvalue weighted by atomic mass is 16.3. The van der Waals surface area contributed by atoms with Crippen LogP contribution in [0.25, 0.3) is 0 Å². The number of carbonyl (C=O) groups is 1. The minimum Gasteiger partial charge on any atom is -0.396 e. The summed E-state index contributed by atoms with van der Waals surface area (Å²) in [5.41, 5.74) is 1.04. The number of benzene rings is 1. The van der Waals surface area contributed by atoms with Crippen molar-refractivity contribution in [1.82, 2.24) is 5.32 Å². The van der Waals surface area contributed by atoms with Gasteiger partial charge in [0.15, 0.2) is 0 Å².